The third kappa shape index (κ3) is 5.94. The van der Waals surface area contributed by atoms with Gasteiger partial charge in [-0.1, -0.05) is 37.6 Å². The summed E-state index contributed by atoms with van der Waals surface area (Å²) in [5.41, 5.74) is 0.945. The van der Waals surface area contributed by atoms with Gasteiger partial charge in [-0.3, -0.25) is 4.79 Å². The van der Waals surface area contributed by atoms with E-state index < -0.39 is 6.10 Å². The Hall–Kier alpha value is -1.26. The van der Waals surface area contributed by atoms with Gasteiger partial charge in [0.15, 0.2) is 6.10 Å². The van der Waals surface area contributed by atoms with E-state index in [4.69, 9.17) is 16.3 Å². The summed E-state index contributed by atoms with van der Waals surface area (Å²) in [6.45, 7) is 10.3. The summed E-state index contributed by atoms with van der Waals surface area (Å²) >= 11 is 6.21. The second kappa shape index (κ2) is 8.25. The Kier molecular flexibility index (Phi) is 6.99. The molecule has 0 bridgehead atoms. The van der Waals surface area contributed by atoms with Crippen molar-refractivity contribution >= 4 is 17.5 Å². The molecule has 5 heteroatoms. The minimum Gasteiger partial charge on any atom is -0.479 e. The summed E-state index contributed by atoms with van der Waals surface area (Å²) in [6.07, 6.45) is -0.593. The largest absolute Gasteiger partial charge is 0.479 e. The van der Waals surface area contributed by atoms with E-state index in [1.165, 1.54) is 0 Å². The minimum absolute atomic E-state index is 0.0804. The van der Waals surface area contributed by atoms with E-state index in [0.717, 1.165) is 5.56 Å². The Morgan fingerprint density at radius 3 is 2.43 bits per heavy atom. The molecular weight excluding hydrogens is 288 g/mol. The highest BCUT2D eigenvalue weighted by Gasteiger charge is 2.18. The molecule has 1 aromatic rings. The van der Waals surface area contributed by atoms with E-state index in [0.29, 0.717) is 23.4 Å². The Labute approximate surface area is 132 Å². The van der Waals surface area contributed by atoms with Gasteiger partial charge < -0.3 is 15.4 Å². The van der Waals surface area contributed by atoms with Crippen molar-refractivity contribution in [2.24, 2.45) is 0 Å². The van der Waals surface area contributed by atoms with E-state index >= 15 is 0 Å². The van der Waals surface area contributed by atoms with Crippen LogP contribution in [0.2, 0.25) is 5.02 Å². The smallest absolute Gasteiger partial charge is 0.260 e. The van der Waals surface area contributed by atoms with Gasteiger partial charge in [0.1, 0.15) is 5.75 Å². The van der Waals surface area contributed by atoms with Crippen molar-refractivity contribution in [1.29, 1.82) is 0 Å². The number of benzene rings is 1. The molecule has 0 fully saturated rings. The molecule has 0 aliphatic heterocycles. The predicted molar refractivity (Wildman–Crippen MR) is 86.8 cm³/mol. The first kappa shape index (κ1) is 17.8. The van der Waals surface area contributed by atoms with Crippen molar-refractivity contribution in [3.63, 3.8) is 0 Å². The summed E-state index contributed by atoms with van der Waals surface area (Å²) in [5, 5.41) is 6.67. The Morgan fingerprint density at radius 1 is 1.19 bits per heavy atom. The van der Waals surface area contributed by atoms with E-state index in [1.54, 1.807) is 13.0 Å². The molecule has 0 heterocycles. The molecule has 0 spiro atoms. The summed E-state index contributed by atoms with van der Waals surface area (Å²) in [5.74, 6) is 0.423. The number of carbonyl (C=O) groups excluding carboxylic acids is 1. The van der Waals surface area contributed by atoms with Crippen LogP contribution in [-0.4, -0.2) is 24.1 Å². The number of ether oxygens (including phenoxy) is 1. The van der Waals surface area contributed by atoms with Crippen LogP contribution in [0.3, 0.4) is 0 Å². The molecule has 4 nitrogen and oxygen atoms in total. The first-order valence-corrected chi connectivity index (χ1v) is 7.66. The van der Waals surface area contributed by atoms with Crippen molar-refractivity contribution in [2.75, 3.05) is 0 Å². The average molecular weight is 313 g/mol. The summed E-state index contributed by atoms with van der Waals surface area (Å²) < 4.78 is 5.79. The molecule has 0 aromatic heterocycles. The van der Waals surface area contributed by atoms with Crippen LogP contribution in [-0.2, 0) is 11.3 Å². The van der Waals surface area contributed by atoms with Gasteiger partial charge in [0.2, 0.25) is 0 Å². The first-order chi connectivity index (χ1) is 9.81. The number of carbonyl (C=O) groups is 1. The van der Waals surface area contributed by atoms with Crippen molar-refractivity contribution in [3.05, 3.63) is 28.8 Å². The van der Waals surface area contributed by atoms with Gasteiger partial charge in [0.05, 0.1) is 5.02 Å². The lowest BCUT2D eigenvalue weighted by molar-refractivity contribution is -0.127. The summed E-state index contributed by atoms with van der Waals surface area (Å²) in [7, 11) is 0. The third-order valence-corrected chi connectivity index (χ3v) is 3.14. The molecule has 118 valence electrons. The second-order valence-corrected chi connectivity index (χ2v) is 6.09. The minimum atomic E-state index is -0.593. The van der Waals surface area contributed by atoms with E-state index in [2.05, 4.69) is 24.5 Å². The lowest BCUT2D eigenvalue weighted by Gasteiger charge is -2.20. The third-order valence-electron chi connectivity index (χ3n) is 2.84. The van der Waals surface area contributed by atoms with Gasteiger partial charge in [-0.25, -0.2) is 0 Å². The molecule has 21 heavy (non-hydrogen) atoms. The molecule has 1 aromatic carbocycles. The zero-order valence-electron chi connectivity index (χ0n) is 13.4. The van der Waals surface area contributed by atoms with Gasteiger partial charge in [-0.2, -0.15) is 0 Å². The maximum atomic E-state index is 12.0. The average Bonchev–Trinajstić information content (AvgIpc) is 2.38. The number of hydrogen-bond donors (Lipinski definition) is 2. The van der Waals surface area contributed by atoms with Crippen LogP contribution >= 0.6 is 11.6 Å². The highest BCUT2D eigenvalue weighted by Crippen LogP contribution is 2.29. The maximum absolute atomic E-state index is 12.0. The fourth-order valence-corrected chi connectivity index (χ4v) is 2.01. The van der Waals surface area contributed by atoms with Crippen molar-refractivity contribution in [2.45, 2.75) is 59.4 Å². The molecule has 0 aliphatic rings. The molecule has 0 radical (unpaired) electrons. The Bertz CT molecular complexity index is 475. The standard InChI is InChI=1S/C16H25ClN2O2/c1-10(2)18-9-13-7-6-8-14(17)15(13)21-12(5)16(20)19-11(3)4/h6-8,10-12,18H,9H2,1-5H3,(H,19,20). The second-order valence-electron chi connectivity index (χ2n) is 5.69. The highest BCUT2D eigenvalue weighted by molar-refractivity contribution is 6.32. The lowest BCUT2D eigenvalue weighted by Crippen LogP contribution is -2.40. The fourth-order valence-electron chi connectivity index (χ4n) is 1.77. The van der Waals surface area contributed by atoms with Crippen LogP contribution in [0.1, 0.15) is 40.2 Å². The zero-order valence-corrected chi connectivity index (χ0v) is 14.1. The van der Waals surface area contributed by atoms with E-state index in [-0.39, 0.29) is 11.9 Å². The molecular formula is C16H25ClN2O2. The highest BCUT2D eigenvalue weighted by atomic mass is 35.5. The molecule has 0 aliphatic carbocycles. The van der Waals surface area contributed by atoms with Crippen LogP contribution in [0.25, 0.3) is 0 Å². The molecule has 0 saturated carbocycles. The monoisotopic (exact) mass is 312 g/mol. The van der Waals surface area contributed by atoms with Crippen LogP contribution in [0.15, 0.2) is 18.2 Å². The normalized spacial score (nSPS) is 12.6. The summed E-state index contributed by atoms with van der Waals surface area (Å²) in [4.78, 5) is 12.0. The maximum Gasteiger partial charge on any atom is 0.260 e. The molecule has 2 N–H and O–H groups in total. The Balaban J connectivity index is 2.83. The SMILES string of the molecule is CC(C)NCc1cccc(Cl)c1OC(C)C(=O)NC(C)C. The van der Waals surface area contributed by atoms with Gasteiger partial charge in [0, 0.05) is 24.2 Å². The van der Waals surface area contributed by atoms with Gasteiger partial charge in [-0.15, -0.1) is 0 Å². The number of rotatable bonds is 7. The quantitative estimate of drug-likeness (QED) is 0.813. The first-order valence-electron chi connectivity index (χ1n) is 7.29. The van der Waals surface area contributed by atoms with Gasteiger partial charge in [-0.05, 0) is 26.8 Å². The Morgan fingerprint density at radius 2 is 1.86 bits per heavy atom. The van der Waals surface area contributed by atoms with Crippen molar-refractivity contribution in [3.8, 4) is 5.75 Å². The molecule has 1 unspecified atom stereocenters. The predicted octanol–water partition coefficient (Wildman–Crippen LogP) is 3.13. The number of halogens is 1. The van der Waals surface area contributed by atoms with Crippen LogP contribution in [0, 0.1) is 0 Å². The fraction of sp³-hybridized carbons (Fsp3) is 0.562. The number of hydrogen-bond acceptors (Lipinski definition) is 3. The number of amides is 1. The molecule has 0 saturated heterocycles. The lowest BCUT2D eigenvalue weighted by atomic mass is 10.2. The molecule has 1 atom stereocenters. The van der Waals surface area contributed by atoms with Gasteiger partial charge >= 0.3 is 0 Å². The van der Waals surface area contributed by atoms with Crippen LogP contribution in [0.4, 0.5) is 0 Å². The number of nitrogens with one attached hydrogen (secondary N) is 2. The zero-order chi connectivity index (χ0) is 16.0. The van der Waals surface area contributed by atoms with Crippen molar-refractivity contribution in [1.82, 2.24) is 10.6 Å². The van der Waals surface area contributed by atoms with Crippen LogP contribution < -0.4 is 15.4 Å². The number of para-hydroxylation sites is 1. The topological polar surface area (TPSA) is 50.4 Å². The van der Waals surface area contributed by atoms with Gasteiger partial charge in [0.25, 0.3) is 5.91 Å². The van der Waals surface area contributed by atoms with E-state index in [9.17, 15) is 4.79 Å². The van der Waals surface area contributed by atoms with Crippen LogP contribution in [0.5, 0.6) is 5.75 Å². The molecule has 1 rings (SSSR count). The van der Waals surface area contributed by atoms with E-state index in [1.807, 2.05) is 26.0 Å². The van der Waals surface area contributed by atoms with Crippen molar-refractivity contribution < 1.29 is 9.53 Å². The molecule has 1 amide bonds. The summed E-state index contributed by atoms with van der Waals surface area (Å²) in [6, 6.07) is 6.04.